The number of ether oxygens (including phenoxy) is 1. The first-order valence-corrected chi connectivity index (χ1v) is 14.1. The zero-order chi connectivity index (χ0) is 27.1. The Bertz CT molecular complexity index is 1110. The van der Waals surface area contributed by atoms with E-state index in [1.165, 1.54) is 0 Å². The molecular formula is C29H42N6O3. The van der Waals surface area contributed by atoms with Gasteiger partial charge in [0.15, 0.2) is 5.69 Å². The number of rotatable bonds is 11. The lowest BCUT2D eigenvalue weighted by Gasteiger charge is -2.48. The zero-order valence-corrected chi connectivity index (χ0v) is 23.3. The van der Waals surface area contributed by atoms with Crippen molar-refractivity contribution < 1.29 is 14.3 Å². The van der Waals surface area contributed by atoms with Gasteiger partial charge in [0.25, 0.3) is 5.91 Å². The van der Waals surface area contributed by atoms with Gasteiger partial charge in [0.05, 0.1) is 23.6 Å². The summed E-state index contributed by atoms with van der Waals surface area (Å²) < 4.78 is 5.73. The van der Waals surface area contributed by atoms with E-state index in [0.29, 0.717) is 62.5 Å². The number of carbonyl (C=O) groups is 2. The van der Waals surface area contributed by atoms with E-state index < -0.39 is 0 Å². The Kier molecular flexibility index (Phi) is 9.20. The summed E-state index contributed by atoms with van der Waals surface area (Å²) in [6, 6.07) is 7.78. The number of anilines is 1. The van der Waals surface area contributed by atoms with E-state index in [-0.39, 0.29) is 17.4 Å². The maximum Gasteiger partial charge on any atom is 0.272 e. The van der Waals surface area contributed by atoms with E-state index >= 15 is 0 Å². The Morgan fingerprint density at radius 3 is 2.61 bits per heavy atom. The number of piperazine rings is 1. The van der Waals surface area contributed by atoms with Gasteiger partial charge >= 0.3 is 0 Å². The molecule has 2 aromatic heterocycles. The predicted octanol–water partition coefficient (Wildman–Crippen LogP) is 3.50. The monoisotopic (exact) mass is 522 g/mol. The topological polar surface area (TPSA) is 99.7 Å². The number of likely N-dealkylation sites (N-methyl/N-ethyl adjacent to an activating group) is 1. The molecule has 1 atom stereocenters. The van der Waals surface area contributed by atoms with Crippen LogP contribution in [0.2, 0.25) is 0 Å². The first kappa shape index (κ1) is 27.8. The number of nitrogens with one attached hydrogen (secondary N) is 2. The molecule has 0 aromatic carbocycles. The fourth-order valence-corrected chi connectivity index (χ4v) is 5.59. The lowest BCUT2D eigenvalue weighted by Crippen LogP contribution is -2.59. The van der Waals surface area contributed by atoms with Crippen molar-refractivity contribution >= 4 is 17.5 Å². The maximum atomic E-state index is 13.5. The number of carbonyl (C=O) groups excluding carboxylic acids is 2. The summed E-state index contributed by atoms with van der Waals surface area (Å²) in [5.74, 6) is 0.589. The Hall–Kier alpha value is -3.20. The molecule has 2 aromatic rings. The van der Waals surface area contributed by atoms with Crippen LogP contribution in [0.15, 0.2) is 30.5 Å². The number of hydrogen-bond acceptors (Lipinski definition) is 7. The summed E-state index contributed by atoms with van der Waals surface area (Å²) in [5, 5.41) is 6.06. The molecule has 2 aliphatic rings. The Morgan fingerprint density at radius 2 is 1.95 bits per heavy atom. The van der Waals surface area contributed by atoms with Crippen molar-refractivity contribution in [3.63, 3.8) is 0 Å². The second-order valence-electron chi connectivity index (χ2n) is 10.2. The molecule has 2 N–H and O–H groups in total. The van der Waals surface area contributed by atoms with Gasteiger partial charge in [-0.15, -0.1) is 0 Å². The average Bonchev–Trinajstić information content (AvgIpc) is 2.92. The van der Waals surface area contributed by atoms with Crippen LogP contribution in [-0.4, -0.2) is 79.1 Å². The summed E-state index contributed by atoms with van der Waals surface area (Å²) in [5.41, 5.74) is 2.40. The molecule has 9 nitrogen and oxygen atoms in total. The van der Waals surface area contributed by atoms with Gasteiger partial charge in [-0.3, -0.25) is 9.59 Å². The minimum Gasteiger partial charge on any atom is -0.477 e. The highest BCUT2D eigenvalue weighted by atomic mass is 16.5. The van der Waals surface area contributed by atoms with Crippen LogP contribution in [0.4, 0.5) is 5.69 Å². The van der Waals surface area contributed by atoms with E-state index in [1.807, 2.05) is 38.2 Å². The van der Waals surface area contributed by atoms with Gasteiger partial charge in [0.1, 0.15) is 0 Å². The molecule has 1 aliphatic heterocycles. The van der Waals surface area contributed by atoms with Crippen LogP contribution in [0.3, 0.4) is 0 Å². The van der Waals surface area contributed by atoms with E-state index in [9.17, 15) is 9.59 Å². The number of hydrogen-bond donors (Lipinski definition) is 2. The van der Waals surface area contributed by atoms with Crippen molar-refractivity contribution in [3.8, 4) is 17.1 Å². The predicted molar refractivity (Wildman–Crippen MR) is 149 cm³/mol. The summed E-state index contributed by atoms with van der Waals surface area (Å²) in [6.07, 6.45) is 6.60. The van der Waals surface area contributed by atoms with Gasteiger partial charge in [-0.05, 0) is 63.9 Å². The first-order chi connectivity index (χ1) is 18.5. The van der Waals surface area contributed by atoms with Crippen molar-refractivity contribution in [3.05, 3.63) is 36.2 Å². The standard InChI is InChI=1S/C29H42N6O3/c1-5-21-20-34(28(37)29(6-2)13-9-14-29)18-19-35(21)24-12-11-23(22-10-8-15-32-27(22)38-7-3)33-25(24)26(36)31-17-16-30-4/h8,10-12,15,21,30H,5-7,9,13-14,16-20H2,1-4H3,(H,31,36)/t21-/m1/s1. The Balaban J connectivity index is 1.65. The van der Waals surface area contributed by atoms with Crippen LogP contribution < -0.4 is 20.3 Å². The molecular weight excluding hydrogens is 480 g/mol. The van der Waals surface area contributed by atoms with Crippen molar-refractivity contribution in [2.24, 2.45) is 5.41 Å². The van der Waals surface area contributed by atoms with Crippen molar-refractivity contribution in [1.82, 2.24) is 25.5 Å². The second-order valence-corrected chi connectivity index (χ2v) is 10.2. The highest BCUT2D eigenvalue weighted by molar-refractivity contribution is 5.98. The first-order valence-electron chi connectivity index (χ1n) is 14.1. The average molecular weight is 523 g/mol. The van der Waals surface area contributed by atoms with Crippen LogP contribution in [0.1, 0.15) is 63.4 Å². The molecule has 3 heterocycles. The van der Waals surface area contributed by atoms with Crippen LogP contribution in [0.5, 0.6) is 5.88 Å². The van der Waals surface area contributed by atoms with Gasteiger partial charge < -0.3 is 25.2 Å². The molecule has 0 spiro atoms. The van der Waals surface area contributed by atoms with Gasteiger partial charge in [0, 0.05) is 50.4 Å². The van der Waals surface area contributed by atoms with Gasteiger partial charge in [0.2, 0.25) is 11.8 Å². The normalized spacial score (nSPS) is 18.6. The number of pyridine rings is 2. The summed E-state index contributed by atoms with van der Waals surface area (Å²) in [7, 11) is 1.85. The SMILES string of the molecule is CCOc1ncccc1-c1ccc(N2CCN(C(=O)C3(CC)CCC3)C[C@H]2CC)c(C(=O)NCCNC)n1. The fourth-order valence-electron chi connectivity index (χ4n) is 5.59. The zero-order valence-electron chi connectivity index (χ0n) is 23.3. The molecule has 2 amide bonds. The third-order valence-corrected chi connectivity index (χ3v) is 8.07. The summed E-state index contributed by atoms with van der Waals surface area (Å²) >= 11 is 0. The minimum atomic E-state index is -0.216. The van der Waals surface area contributed by atoms with E-state index in [0.717, 1.165) is 43.4 Å². The molecule has 9 heteroatoms. The largest absolute Gasteiger partial charge is 0.477 e. The van der Waals surface area contributed by atoms with Gasteiger partial charge in [-0.1, -0.05) is 20.3 Å². The van der Waals surface area contributed by atoms with Gasteiger partial charge in [-0.2, -0.15) is 0 Å². The highest BCUT2D eigenvalue weighted by Gasteiger charge is 2.46. The van der Waals surface area contributed by atoms with E-state index in [2.05, 4.69) is 39.3 Å². The van der Waals surface area contributed by atoms with Gasteiger partial charge in [-0.25, -0.2) is 9.97 Å². The molecule has 1 saturated heterocycles. The van der Waals surface area contributed by atoms with Crippen LogP contribution in [0.25, 0.3) is 11.3 Å². The van der Waals surface area contributed by atoms with Crippen LogP contribution in [-0.2, 0) is 4.79 Å². The van der Waals surface area contributed by atoms with E-state index in [4.69, 9.17) is 9.72 Å². The fraction of sp³-hybridized carbons (Fsp3) is 0.586. The number of nitrogens with zero attached hydrogens (tertiary/aromatic N) is 4. The molecule has 0 bridgehead atoms. The van der Waals surface area contributed by atoms with Crippen LogP contribution in [0, 0.1) is 5.41 Å². The second kappa shape index (κ2) is 12.6. The Morgan fingerprint density at radius 1 is 1.13 bits per heavy atom. The summed E-state index contributed by atoms with van der Waals surface area (Å²) in [6.45, 7) is 9.81. The quantitative estimate of drug-likeness (QED) is 0.436. The van der Waals surface area contributed by atoms with Crippen molar-refractivity contribution in [2.45, 2.75) is 58.9 Å². The third-order valence-electron chi connectivity index (χ3n) is 8.07. The third kappa shape index (κ3) is 5.62. The molecule has 2 fully saturated rings. The molecule has 1 aliphatic carbocycles. The molecule has 0 unspecified atom stereocenters. The highest BCUT2D eigenvalue weighted by Crippen LogP contribution is 2.45. The molecule has 206 valence electrons. The molecule has 4 rings (SSSR count). The number of aromatic nitrogens is 2. The maximum absolute atomic E-state index is 13.5. The molecule has 1 saturated carbocycles. The lowest BCUT2D eigenvalue weighted by atomic mass is 9.66. The van der Waals surface area contributed by atoms with Crippen molar-refractivity contribution in [1.29, 1.82) is 0 Å². The molecule has 0 radical (unpaired) electrons. The smallest absolute Gasteiger partial charge is 0.272 e. The number of amides is 2. The summed E-state index contributed by atoms with van der Waals surface area (Å²) in [4.78, 5) is 40.4. The lowest BCUT2D eigenvalue weighted by molar-refractivity contribution is -0.148. The molecule has 38 heavy (non-hydrogen) atoms. The Labute approximate surface area is 226 Å². The minimum absolute atomic E-state index is 0.107. The van der Waals surface area contributed by atoms with Crippen molar-refractivity contribution in [2.75, 3.05) is 51.3 Å². The van der Waals surface area contributed by atoms with E-state index in [1.54, 1.807) is 6.20 Å². The van der Waals surface area contributed by atoms with Crippen LogP contribution >= 0.6 is 0 Å².